The van der Waals surface area contributed by atoms with Crippen LogP contribution in [0.1, 0.15) is 17.0 Å². The summed E-state index contributed by atoms with van der Waals surface area (Å²) in [7, 11) is 0. The molecule has 1 amide bonds. The van der Waals surface area contributed by atoms with Crippen molar-refractivity contribution >= 4 is 18.3 Å². The van der Waals surface area contributed by atoms with Gasteiger partial charge in [-0.15, -0.1) is 0 Å². The van der Waals surface area contributed by atoms with Crippen LogP contribution < -0.4 is 5.32 Å². The highest BCUT2D eigenvalue weighted by molar-refractivity contribution is 5.94. The summed E-state index contributed by atoms with van der Waals surface area (Å²) in [5, 5.41) is 18.1. The molecule has 0 aliphatic heterocycles. The Bertz CT molecular complexity index is 1150. The molecular weight excluding hydrogens is 398 g/mol. The maximum Gasteiger partial charge on any atom is 0.290 e. The van der Waals surface area contributed by atoms with Crippen molar-refractivity contribution in [1.82, 2.24) is 19.9 Å². The van der Waals surface area contributed by atoms with Crippen LogP contribution in [0.15, 0.2) is 65.4 Å². The van der Waals surface area contributed by atoms with E-state index in [1.165, 1.54) is 0 Å². The standard InChI is InChI=1S/C21H19N5O2.CH2O2/c1-14-17(15(2)26(25-14)16-8-4-3-5-9-16)12-20(27)24-21-18(13-23-28-21)19-10-6-7-11-22-19;2-1-3/h3-11,13H,12H2,1-2H3,(H,24,27);1H,(H,2,3). The lowest BCUT2D eigenvalue weighted by molar-refractivity contribution is -0.123. The number of nitrogens with zero attached hydrogens (tertiary/aromatic N) is 4. The molecule has 0 aliphatic rings. The molecule has 9 nitrogen and oxygen atoms in total. The van der Waals surface area contributed by atoms with Gasteiger partial charge in [-0.25, -0.2) is 4.68 Å². The number of pyridine rings is 1. The first-order chi connectivity index (χ1) is 15.0. The zero-order valence-corrected chi connectivity index (χ0v) is 17.0. The van der Waals surface area contributed by atoms with Gasteiger partial charge in [-0.1, -0.05) is 29.4 Å². The minimum absolute atomic E-state index is 0.187. The van der Waals surface area contributed by atoms with Crippen LogP contribution in [0.2, 0.25) is 0 Å². The molecule has 1 aromatic carbocycles. The van der Waals surface area contributed by atoms with E-state index in [2.05, 4.69) is 20.6 Å². The molecule has 0 radical (unpaired) electrons. The Morgan fingerprint density at radius 3 is 2.55 bits per heavy atom. The molecule has 31 heavy (non-hydrogen) atoms. The van der Waals surface area contributed by atoms with E-state index in [9.17, 15) is 4.79 Å². The zero-order valence-electron chi connectivity index (χ0n) is 17.0. The van der Waals surface area contributed by atoms with Crippen LogP contribution in [-0.4, -0.2) is 37.4 Å². The fraction of sp³-hybridized carbons (Fsp3) is 0.136. The summed E-state index contributed by atoms with van der Waals surface area (Å²) in [6.07, 6.45) is 3.41. The van der Waals surface area contributed by atoms with Crippen molar-refractivity contribution < 1.29 is 19.2 Å². The summed E-state index contributed by atoms with van der Waals surface area (Å²) in [5.41, 5.74) is 4.92. The average Bonchev–Trinajstić information content (AvgIpc) is 3.35. The largest absolute Gasteiger partial charge is 0.483 e. The van der Waals surface area contributed by atoms with E-state index < -0.39 is 0 Å². The Labute approximate surface area is 178 Å². The number of aromatic nitrogens is 4. The van der Waals surface area contributed by atoms with Crippen molar-refractivity contribution in [3.63, 3.8) is 0 Å². The van der Waals surface area contributed by atoms with Crippen LogP contribution in [0.4, 0.5) is 5.88 Å². The highest BCUT2D eigenvalue weighted by atomic mass is 16.5. The molecule has 3 aromatic heterocycles. The third-order valence-corrected chi connectivity index (χ3v) is 4.54. The van der Waals surface area contributed by atoms with E-state index in [1.807, 2.05) is 67.1 Å². The summed E-state index contributed by atoms with van der Waals surface area (Å²) < 4.78 is 7.07. The van der Waals surface area contributed by atoms with Crippen LogP contribution in [0.3, 0.4) is 0 Å². The second-order valence-electron chi connectivity index (χ2n) is 6.51. The van der Waals surface area contributed by atoms with E-state index in [1.54, 1.807) is 12.4 Å². The average molecular weight is 419 g/mol. The second-order valence-corrected chi connectivity index (χ2v) is 6.51. The number of para-hydroxylation sites is 1. The van der Waals surface area contributed by atoms with E-state index in [-0.39, 0.29) is 24.7 Å². The van der Waals surface area contributed by atoms with Gasteiger partial charge in [0, 0.05) is 17.5 Å². The number of aryl methyl sites for hydroxylation is 1. The number of benzene rings is 1. The maximum absolute atomic E-state index is 12.7. The molecule has 0 atom stereocenters. The van der Waals surface area contributed by atoms with Gasteiger partial charge in [-0.3, -0.25) is 19.9 Å². The Hall–Kier alpha value is -4.27. The van der Waals surface area contributed by atoms with Crippen molar-refractivity contribution in [3.05, 3.63) is 77.9 Å². The highest BCUT2D eigenvalue weighted by Crippen LogP contribution is 2.26. The Balaban J connectivity index is 0.000000858. The molecule has 4 aromatic rings. The number of carboxylic acid groups (broad SMARTS) is 1. The summed E-state index contributed by atoms with van der Waals surface area (Å²) in [5.74, 6) is 0.0854. The smallest absolute Gasteiger partial charge is 0.290 e. The van der Waals surface area contributed by atoms with Crippen LogP contribution in [0.25, 0.3) is 16.9 Å². The molecular formula is C22H21N5O4. The van der Waals surface area contributed by atoms with Crippen molar-refractivity contribution in [1.29, 1.82) is 0 Å². The minimum atomic E-state index is -0.250. The number of hydrogen-bond acceptors (Lipinski definition) is 6. The maximum atomic E-state index is 12.7. The first-order valence-corrected chi connectivity index (χ1v) is 9.39. The second kappa shape index (κ2) is 9.97. The number of anilines is 1. The fourth-order valence-corrected chi connectivity index (χ4v) is 3.12. The number of carbonyl (C=O) groups is 2. The van der Waals surface area contributed by atoms with Gasteiger partial charge >= 0.3 is 0 Å². The molecule has 0 aliphatic carbocycles. The number of rotatable bonds is 5. The molecule has 158 valence electrons. The van der Waals surface area contributed by atoms with Crippen LogP contribution in [0.5, 0.6) is 0 Å². The fourth-order valence-electron chi connectivity index (χ4n) is 3.12. The number of nitrogens with one attached hydrogen (secondary N) is 1. The van der Waals surface area contributed by atoms with Gasteiger partial charge in [0.15, 0.2) is 0 Å². The first-order valence-electron chi connectivity index (χ1n) is 9.39. The SMILES string of the molecule is Cc1nn(-c2ccccc2)c(C)c1CC(=O)Nc1oncc1-c1ccccn1.O=CO. The van der Waals surface area contributed by atoms with Gasteiger partial charge in [-0.05, 0) is 38.1 Å². The van der Waals surface area contributed by atoms with Gasteiger partial charge < -0.3 is 9.63 Å². The van der Waals surface area contributed by atoms with Gasteiger partial charge in [0.25, 0.3) is 6.47 Å². The van der Waals surface area contributed by atoms with E-state index in [0.717, 1.165) is 22.6 Å². The topological polar surface area (TPSA) is 123 Å². The lowest BCUT2D eigenvalue weighted by atomic mass is 10.1. The Morgan fingerprint density at radius 2 is 1.87 bits per heavy atom. The Kier molecular flexibility index (Phi) is 6.89. The van der Waals surface area contributed by atoms with E-state index in [0.29, 0.717) is 11.3 Å². The lowest BCUT2D eigenvalue weighted by Gasteiger charge is -2.06. The van der Waals surface area contributed by atoms with E-state index >= 15 is 0 Å². The van der Waals surface area contributed by atoms with Crippen molar-refractivity contribution in [3.8, 4) is 16.9 Å². The lowest BCUT2D eigenvalue weighted by Crippen LogP contribution is -2.15. The van der Waals surface area contributed by atoms with Crippen LogP contribution in [-0.2, 0) is 16.0 Å². The summed E-state index contributed by atoms with van der Waals surface area (Å²) >= 11 is 0. The summed E-state index contributed by atoms with van der Waals surface area (Å²) in [4.78, 5) is 25.3. The minimum Gasteiger partial charge on any atom is -0.483 e. The normalized spacial score (nSPS) is 10.1. The molecule has 9 heteroatoms. The highest BCUT2D eigenvalue weighted by Gasteiger charge is 2.19. The van der Waals surface area contributed by atoms with Crippen molar-refractivity contribution in [2.75, 3.05) is 5.32 Å². The predicted octanol–water partition coefficient (Wildman–Crippen LogP) is 3.42. The third kappa shape index (κ3) is 5.02. The number of hydrogen-bond donors (Lipinski definition) is 2. The molecule has 0 unspecified atom stereocenters. The third-order valence-electron chi connectivity index (χ3n) is 4.54. The molecule has 0 fully saturated rings. The van der Waals surface area contributed by atoms with Gasteiger partial charge in [0.2, 0.25) is 11.8 Å². The molecule has 0 saturated carbocycles. The first kappa shape index (κ1) is 21.4. The summed E-state index contributed by atoms with van der Waals surface area (Å²) in [6, 6.07) is 15.4. The zero-order chi connectivity index (χ0) is 22.2. The molecule has 0 bridgehead atoms. The van der Waals surface area contributed by atoms with Crippen molar-refractivity contribution in [2.24, 2.45) is 0 Å². The monoisotopic (exact) mass is 419 g/mol. The van der Waals surface area contributed by atoms with Crippen LogP contribution >= 0.6 is 0 Å². The Morgan fingerprint density at radius 1 is 1.16 bits per heavy atom. The molecule has 2 N–H and O–H groups in total. The number of carbonyl (C=O) groups excluding carboxylic acids is 1. The van der Waals surface area contributed by atoms with Gasteiger partial charge in [0.05, 0.1) is 35.3 Å². The van der Waals surface area contributed by atoms with Crippen LogP contribution in [0, 0.1) is 13.8 Å². The van der Waals surface area contributed by atoms with Crippen molar-refractivity contribution in [2.45, 2.75) is 20.3 Å². The molecule has 0 spiro atoms. The van der Waals surface area contributed by atoms with Gasteiger partial charge in [0.1, 0.15) is 0 Å². The molecule has 4 rings (SSSR count). The number of amides is 1. The van der Waals surface area contributed by atoms with E-state index in [4.69, 9.17) is 14.4 Å². The quantitative estimate of drug-likeness (QED) is 0.475. The van der Waals surface area contributed by atoms with Gasteiger partial charge in [-0.2, -0.15) is 5.10 Å². The molecule has 3 heterocycles. The molecule has 0 saturated heterocycles. The predicted molar refractivity (Wildman–Crippen MR) is 114 cm³/mol. The summed E-state index contributed by atoms with van der Waals surface area (Å²) in [6.45, 7) is 3.62.